The van der Waals surface area contributed by atoms with E-state index in [0.717, 1.165) is 5.56 Å². The van der Waals surface area contributed by atoms with Crippen molar-refractivity contribution in [1.82, 2.24) is 15.5 Å². The molecule has 8 N–H and O–H groups in total. The number of phenols is 1. The molecule has 1 aliphatic heterocycles. The summed E-state index contributed by atoms with van der Waals surface area (Å²) in [4.78, 5) is 64.0. The predicted octanol–water partition coefficient (Wildman–Crippen LogP) is -0.575. The number of aliphatic carboxylic acids is 1. The normalized spacial score (nSPS) is 17.1. The van der Waals surface area contributed by atoms with E-state index in [2.05, 4.69) is 10.6 Å². The molecule has 1 heterocycles. The first-order valence-corrected chi connectivity index (χ1v) is 12.5. The van der Waals surface area contributed by atoms with Crippen LogP contribution in [0.4, 0.5) is 0 Å². The highest BCUT2D eigenvalue weighted by atomic mass is 16.4. The molecule has 0 bridgehead atoms. The van der Waals surface area contributed by atoms with Gasteiger partial charge in [-0.05, 0) is 42.5 Å². The lowest BCUT2D eigenvalue weighted by atomic mass is 10.0. The number of benzene rings is 2. The molecule has 12 heteroatoms. The Morgan fingerprint density at radius 3 is 2.18 bits per heavy atom. The van der Waals surface area contributed by atoms with Crippen LogP contribution >= 0.6 is 0 Å². The SMILES string of the molecule is NC(=O)CC(NC(=O)C1CCCN1C(=O)C(N)Cc1ccc(O)cc1)C(=O)NC(Cc1ccccc1)C(=O)O. The zero-order valence-electron chi connectivity index (χ0n) is 21.3. The molecular weight excluding hydrogens is 506 g/mol. The summed E-state index contributed by atoms with van der Waals surface area (Å²) in [6, 6.07) is 10.3. The second-order valence-electron chi connectivity index (χ2n) is 9.49. The summed E-state index contributed by atoms with van der Waals surface area (Å²) < 4.78 is 0. The minimum absolute atomic E-state index is 0.0109. The van der Waals surface area contributed by atoms with Crippen LogP contribution in [0.2, 0.25) is 0 Å². The van der Waals surface area contributed by atoms with Gasteiger partial charge in [-0.1, -0.05) is 42.5 Å². The minimum atomic E-state index is -1.43. The number of carboxylic acids is 1. The molecule has 1 fully saturated rings. The molecule has 4 amide bonds. The van der Waals surface area contributed by atoms with E-state index < -0.39 is 60.2 Å². The van der Waals surface area contributed by atoms with Crippen molar-refractivity contribution in [1.29, 1.82) is 0 Å². The molecule has 2 aromatic carbocycles. The van der Waals surface area contributed by atoms with Gasteiger partial charge in [0.1, 0.15) is 23.9 Å². The largest absolute Gasteiger partial charge is 0.508 e. The Kier molecular flexibility index (Phi) is 9.98. The number of rotatable bonds is 12. The van der Waals surface area contributed by atoms with E-state index in [1.165, 1.54) is 17.0 Å². The predicted molar refractivity (Wildman–Crippen MR) is 140 cm³/mol. The Morgan fingerprint density at radius 1 is 0.923 bits per heavy atom. The minimum Gasteiger partial charge on any atom is -0.508 e. The van der Waals surface area contributed by atoms with Crippen molar-refractivity contribution in [3.8, 4) is 5.75 Å². The number of aromatic hydroxyl groups is 1. The van der Waals surface area contributed by atoms with E-state index in [4.69, 9.17) is 11.5 Å². The van der Waals surface area contributed by atoms with Crippen molar-refractivity contribution >= 4 is 29.6 Å². The Hall–Kier alpha value is -4.45. The number of primary amides is 1. The quantitative estimate of drug-likeness (QED) is 0.205. The average molecular weight is 540 g/mol. The molecule has 1 saturated heterocycles. The molecule has 39 heavy (non-hydrogen) atoms. The summed E-state index contributed by atoms with van der Waals surface area (Å²) >= 11 is 0. The lowest BCUT2D eigenvalue weighted by Gasteiger charge is -2.28. The van der Waals surface area contributed by atoms with Crippen LogP contribution in [0.5, 0.6) is 5.75 Å². The van der Waals surface area contributed by atoms with Gasteiger partial charge in [-0.25, -0.2) is 4.79 Å². The van der Waals surface area contributed by atoms with Gasteiger partial charge in [-0.3, -0.25) is 19.2 Å². The molecule has 0 aliphatic carbocycles. The van der Waals surface area contributed by atoms with Crippen LogP contribution in [-0.4, -0.2) is 75.4 Å². The lowest BCUT2D eigenvalue weighted by molar-refractivity contribution is -0.143. The fourth-order valence-corrected chi connectivity index (χ4v) is 4.49. The van der Waals surface area contributed by atoms with Crippen LogP contribution in [0.1, 0.15) is 30.4 Å². The maximum atomic E-state index is 13.2. The van der Waals surface area contributed by atoms with Gasteiger partial charge in [0.2, 0.25) is 23.6 Å². The molecule has 3 rings (SSSR count). The molecule has 0 radical (unpaired) electrons. The van der Waals surface area contributed by atoms with Crippen molar-refractivity contribution < 1.29 is 34.2 Å². The summed E-state index contributed by atoms with van der Waals surface area (Å²) in [6.45, 7) is 0.283. The Bertz CT molecular complexity index is 1190. The van der Waals surface area contributed by atoms with Gasteiger partial charge in [-0.15, -0.1) is 0 Å². The van der Waals surface area contributed by atoms with E-state index in [1.54, 1.807) is 42.5 Å². The highest BCUT2D eigenvalue weighted by Gasteiger charge is 2.38. The van der Waals surface area contributed by atoms with Crippen LogP contribution in [-0.2, 0) is 36.8 Å². The summed E-state index contributed by atoms with van der Waals surface area (Å²) in [7, 11) is 0. The number of carboxylic acid groups (broad SMARTS) is 1. The Morgan fingerprint density at radius 2 is 1.56 bits per heavy atom. The molecule has 12 nitrogen and oxygen atoms in total. The first-order valence-electron chi connectivity index (χ1n) is 12.5. The van der Waals surface area contributed by atoms with E-state index in [9.17, 15) is 34.2 Å². The van der Waals surface area contributed by atoms with Crippen molar-refractivity contribution in [3.63, 3.8) is 0 Å². The van der Waals surface area contributed by atoms with Gasteiger partial charge in [0, 0.05) is 13.0 Å². The van der Waals surface area contributed by atoms with E-state index >= 15 is 0 Å². The third-order valence-electron chi connectivity index (χ3n) is 6.48. The second-order valence-corrected chi connectivity index (χ2v) is 9.49. The molecular formula is C27H33N5O7. The van der Waals surface area contributed by atoms with Crippen molar-refractivity contribution in [2.75, 3.05) is 6.54 Å². The van der Waals surface area contributed by atoms with Gasteiger partial charge >= 0.3 is 5.97 Å². The van der Waals surface area contributed by atoms with Gasteiger partial charge < -0.3 is 37.2 Å². The van der Waals surface area contributed by atoms with Crippen LogP contribution < -0.4 is 22.1 Å². The molecule has 4 unspecified atom stereocenters. The number of nitrogens with zero attached hydrogens (tertiary/aromatic N) is 1. The van der Waals surface area contributed by atoms with E-state index in [-0.39, 0.29) is 25.1 Å². The van der Waals surface area contributed by atoms with Gasteiger partial charge in [0.15, 0.2) is 0 Å². The number of carbonyl (C=O) groups excluding carboxylic acids is 4. The Labute approximate surface area is 225 Å². The van der Waals surface area contributed by atoms with E-state index in [0.29, 0.717) is 18.4 Å². The number of nitrogens with two attached hydrogens (primary N) is 2. The molecule has 0 aromatic heterocycles. The average Bonchev–Trinajstić information content (AvgIpc) is 3.39. The maximum absolute atomic E-state index is 13.2. The Balaban J connectivity index is 1.67. The number of amides is 4. The number of hydrogen-bond donors (Lipinski definition) is 6. The molecule has 208 valence electrons. The van der Waals surface area contributed by atoms with Crippen molar-refractivity contribution in [3.05, 3.63) is 65.7 Å². The first-order chi connectivity index (χ1) is 18.5. The molecule has 1 aliphatic rings. The topological polar surface area (TPSA) is 205 Å². The van der Waals surface area contributed by atoms with Crippen molar-refractivity contribution in [2.45, 2.75) is 56.3 Å². The summed E-state index contributed by atoms with van der Waals surface area (Å²) in [5.74, 6) is -4.09. The van der Waals surface area contributed by atoms with Crippen LogP contribution in [0.25, 0.3) is 0 Å². The standard InChI is InChI=1S/C27H33N5O7/c28-19(13-17-8-10-18(33)11-9-17)26(37)32-12-4-7-22(32)25(36)30-20(15-23(29)34)24(35)31-21(27(38)39)14-16-5-2-1-3-6-16/h1-3,5-6,8-11,19-22,33H,4,7,12-15,28H2,(H2,29,34)(H,30,36)(H,31,35)(H,38,39). The molecule has 4 atom stereocenters. The number of nitrogens with one attached hydrogen (secondary N) is 2. The van der Waals surface area contributed by atoms with Crippen LogP contribution in [0.15, 0.2) is 54.6 Å². The first kappa shape index (κ1) is 29.1. The summed E-state index contributed by atoms with van der Waals surface area (Å²) in [6.07, 6.45) is 0.467. The van der Waals surface area contributed by atoms with Crippen molar-refractivity contribution in [2.24, 2.45) is 11.5 Å². The summed E-state index contributed by atoms with van der Waals surface area (Å²) in [5, 5.41) is 23.9. The monoisotopic (exact) mass is 539 g/mol. The number of hydrogen-bond acceptors (Lipinski definition) is 7. The zero-order valence-corrected chi connectivity index (χ0v) is 21.3. The van der Waals surface area contributed by atoms with E-state index in [1.807, 2.05) is 0 Å². The fourth-order valence-electron chi connectivity index (χ4n) is 4.49. The van der Waals surface area contributed by atoms with Gasteiger partial charge in [-0.2, -0.15) is 0 Å². The molecule has 2 aromatic rings. The lowest BCUT2D eigenvalue weighted by Crippen LogP contribution is -2.57. The maximum Gasteiger partial charge on any atom is 0.326 e. The highest BCUT2D eigenvalue weighted by molar-refractivity contribution is 5.96. The fraction of sp³-hybridized carbons (Fsp3) is 0.370. The number of likely N-dealkylation sites (tertiary alicyclic amines) is 1. The highest BCUT2D eigenvalue weighted by Crippen LogP contribution is 2.20. The summed E-state index contributed by atoms with van der Waals surface area (Å²) in [5.41, 5.74) is 12.8. The smallest absolute Gasteiger partial charge is 0.326 e. The third kappa shape index (κ3) is 8.27. The van der Waals surface area contributed by atoms with Crippen LogP contribution in [0.3, 0.4) is 0 Å². The number of phenolic OH excluding ortho intramolecular Hbond substituents is 1. The third-order valence-corrected chi connectivity index (χ3v) is 6.48. The molecule has 0 saturated carbocycles. The zero-order chi connectivity index (χ0) is 28.5. The van der Waals surface area contributed by atoms with Gasteiger partial charge in [0.25, 0.3) is 0 Å². The van der Waals surface area contributed by atoms with Crippen LogP contribution in [0, 0.1) is 0 Å². The second kappa shape index (κ2) is 13.4. The molecule has 0 spiro atoms. The number of carbonyl (C=O) groups is 5. The van der Waals surface area contributed by atoms with Gasteiger partial charge in [0.05, 0.1) is 12.5 Å².